The van der Waals surface area contributed by atoms with Crippen LogP contribution in [0, 0.1) is 41.5 Å². The molecule has 0 aromatic heterocycles. The fourth-order valence-electron chi connectivity index (χ4n) is 4.08. The van der Waals surface area contributed by atoms with E-state index in [-0.39, 0.29) is 0 Å². The summed E-state index contributed by atoms with van der Waals surface area (Å²) in [5.74, 6) is 0.851. The highest BCUT2D eigenvalue weighted by molar-refractivity contribution is 5.97. The lowest BCUT2D eigenvalue weighted by Crippen LogP contribution is -2.33. The largest absolute Gasteiger partial charge is 0.341 e. The summed E-state index contributed by atoms with van der Waals surface area (Å²) in [6, 6.07) is 19.3. The molecule has 30 heavy (non-hydrogen) atoms. The molecule has 1 N–H and O–H groups in total. The van der Waals surface area contributed by atoms with Gasteiger partial charge in [-0.2, -0.15) is 0 Å². The molecule has 3 rings (SSSR count). The molecule has 0 spiro atoms. The maximum Gasteiger partial charge on any atom is 0.203 e. The van der Waals surface area contributed by atoms with Crippen molar-refractivity contribution in [3.05, 3.63) is 93.5 Å². The van der Waals surface area contributed by atoms with Crippen LogP contribution in [0.4, 0.5) is 11.4 Å². The van der Waals surface area contributed by atoms with Crippen LogP contribution < -0.4 is 5.32 Å². The topological polar surface area (TPSA) is 27.6 Å². The lowest BCUT2D eigenvalue weighted by Gasteiger charge is -2.25. The van der Waals surface area contributed by atoms with Crippen LogP contribution in [-0.2, 0) is 6.54 Å². The molecule has 0 saturated carbocycles. The monoisotopic (exact) mass is 399 g/mol. The van der Waals surface area contributed by atoms with E-state index in [1.807, 2.05) is 0 Å². The Morgan fingerprint density at radius 2 is 1.27 bits per heavy atom. The summed E-state index contributed by atoms with van der Waals surface area (Å²) < 4.78 is 0. The van der Waals surface area contributed by atoms with Crippen LogP contribution in [0.25, 0.3) is 0 Å². The van der Waals surface area contributed by atoms with Crippen LogP contribution in [0.3, 0.4) is 0 Å². The summed E-state index contributed by atoms with van der Waals surface area (Å²) in [5.41, 5.74) is 10.8. The van der Waals surface area contributed by atoms with Crippen molar-refractivity contribution < 1.29 is 0 Å². The van der Waals surface area contributed by atoms with Gasteiger partial charge in [0.2, 0.25) is 5.96 Å². The average Bonchev–Trinajstić information content (AvgIpc) is 2.66. The predicted molar refractivity (Wildman–Crippen MR) is 130 cm³/mol. The van der Waals surface area contributed by atoms with Gasteiger partial charge in [0.15, 0.2) is 0 Å². The second-order valence-corrected chi connectivity index (χ2v) is 8.42. The highest BCUT2D eigenvalue weighted by Gasteiger charge is 2.14. The molecule has 0 bridgehead atoms. The van der Waals surface area contributed by atoms with Gasteiger partial charge in [0.05, 0.1) is 5.69 Å². The number of guanidine groups is 1. The molecule has 0 unspecified atom stereocenters. The van der Waals surface area contributed by atoms with E-state index in [2.05, 4.69) is 113 Å². The van der Waals surface area contributed by atoms with E-state index in [0.29, 0.717) is 0 Å². The summed E-state index contributed by atoms with van der Waals surface area (Å²) in [7, 11) is 2.09. The fourth-order valence-corrected chi connectivity index (χ4v) is 4.08. The van der Waals surface area contributed by atoms with Crippen molar-refractivity contribution in [2.45, 2.75) is 48.1 Å². The second-order valence-electron chi connectivity index (χ2n) is 8.42. The van der Waals surface area contributed by atoms with Gasteiger partial charge in [-0.3, -0.25) is 0 Å². The third kappa shape index (κ3) is 5.10. The number of nitrogens with one attached hydrogen (secondary N) is 1. The molecule has 3 aromatic carbocycles. The first kappa shape index (κ1) is 21.6. The van der Waals surface area contributed by atoms with Gasteiger partial charge in [-0.1, -0.05) is 65.7 Å². The Hall–Kier alpha value is -3.07. The van der Waals surface area contributed by atoms with Crippen molar-refractivity contribution in [2.75, 3.05) is 12.4 Å². The number of aryl methyl sites for hydroxylation is 6. The number of rotatable bonds is 4. The number of hydrogen-bond acceptors (Lipinski definition) is 1. The lowest BCUT2D eigenvalue weighted by atomic mass is 10.0. The smallest absolute Gasteiger partial charge is 0.203 e. The highest BCUT2D eigenvalue weighted by Crippen LogP contribution is 2.27. The van der Waals surface area contributed by atoms with Crippen molar-refractivity contribution in [2.24, 2.45) is 4.99 Å². The zero-order valence-electron chi connectivity index (χ0n) is 19.3. The van der Waals surface area contributed by atoms with Gasteiger partial charge < -0.3 is 10.2 Å². The van der Waals surface area contributed by atoms with E-state index in [1.54, 1.807) is 0 Å². The van der Waals surface area contributed by atoms with Gasteiger partial charge in [0.25, 0.3) is 0 Å². The first-order valence-electron chi connectivity index (χ1n) is 10.5. The van der Waals surface area contributed by atoms with Crippen molar-refractivity contribution in [3.63, 3.8) is 0 Å². The van der Waals surface area contributed by atoms with Gasteiger partial charge in [-0.15, -0.1) is 0 Å². The Labute approximate surface area is 181 Å². The minimum Gasteiger partial charge on any atom is -0.341 e. The molecule has 0 saturated heterocycles. The Kier molecular flexibility index (Phi) is 6.61. The van der Waals surface area contributed by atoms with Crippen LogP contribution >= 0.6 is 0 Å². The van der Waals surface area contributed by atoms with E-state index in [4.69, 9.17) is 4.99 Å². The number of benzene rings is 3. The van der Waals surface area contributed by atoms with E-state index in [9.17, 15) is 0 Å². The number of nitrogens with zero attached hydrogens (tertiary/aromatic N) is 2. The zero-order chi connectivity index (χ0) is 21.8. The Bertz CT molecular complexity index is 1020. The van der Waals surface area contributed by atoms with Crippen molar-refractivity contribution >= 4 is 17.3 Å². The molecule has 0 amide bonds. The van der Waals surface area contributed by atoms with Crippen LogP contribution in [0.15, 0.2) is 59.6 Å². The van der Waals surface area contributed by atoms with Crippen molar-refractivity contribution in [1.29, 1.82) is 0 Å². The van der Waals surface area contributed by atoms with Crippen LogP contribution in [0.1, 0.15) is 38.9 Å². The van der Waals surface area contributed by atoms with Crippen molar-refractivity contribution in [1.82, 2.24) is 4.90 Å². The molecular weight excluding hydrogens is 366 g/mol. The first-order valence-corrected chi connectivity index (χ1v) is 10.5. The van der Waals surface area contributed by atoms with Crippen LogP contribution in [-0.4, -0.2) is 17.9 Å². The maximum atomic E-state index is 5.13. The molecule has 0 fully saturated rings. The van der Waals surface area contributed by atoms with E-state index in [0.717, 1.165) is 23.9 Å². The average molecular weight is 400 g/mol. The zero-order valence-corrected chi connectivity index (χ0v) is 19.3. The first-order chi connectivity index (χ1) is 14.2. The fraction of sp³-hybridized carbons (Fsp3) is 0.296. The van der Waals surface area contributed by atoms with Gasteiger partial charge in [0, 0.05) is 19.3 Å². The Morgan fingerprint density at radius 1 is 0.767 bits per heavy atom. The summed E-state index contributed by atoms with van der Waals surface area (Å²) in [6.45, 7) is 13.6. The number of anilines is 1. The Morgan fingerprint density at radius 3 is 1.80 bits per heavy atom. The summed E-state index contributed by atoms with van der Waals surface area (Å²) in [4.78, 5) is 7.31. The van der Waals surface area contributed by atoms with Crippen molar-refractivity contribution in [3.8, 4) is 0 Å². The van der Waals surface area contributed by atoms with E-state index < -0.39 is 0 Å². The molecule has 0 aliphatic carbocycles. The molecule has 156 valence electrons. The molecule has 0 atom stereocenters. The summed E-state index contributed by atoms with van der Waals surface area (Å²) in [5, 5.41) is 3.66. The summed E-state index contributed by atoms with van der Waals surface area (Å²) in [6.07, 6.45) is 0. The van der Waals surface area contributed by atoms with Gasteiger partial charge >= 0.3 is 0 Å². The quantitative estimate of drug-likeness (QED) is 0.387. The minimum atomic E-state index is 0.778. The predicted octanol–water partition coefficient (Wildman–Crippen LogP) is 6.77. The molecule has 0 radical (unpaired) electrons. The standard InChI is InChI=1S/C27H33N3/c1-18-13-20(3)25(21(4)14-18)28-27(30(7)17-24-11-9-8-10-12-24)29-26-22(5)15-19(2)16-23(26)6/h8-16H,17H2,1-7H3,(H,28,29). The normalized spacial score (nSPS) is 11.5. The number of hydrogen-bond donors (Lipinski definition) is 1. The van der Waals surface area contributed by atoms with Gasteiger partial charge in [0.1, 0.15) is 0 Å². The van der Waals surface area contributed by atoms with Gasteiger partial charge in [-0.25, -0.2) is 4.99 Å². The van der Waals surface area contributed by atoms with E-state index in [1.165, 1.54) is 38.9 Å². The molecular formula is C27H33N3. The Balaban J connectivity index is 2.05. The third-order valence-corrected chi connectivity index (χ3v) is 5.39. The van der Waals surface area contributed by atoms with Gasteiger partial charge in [-0.05, 0) is 69.4 Å². The molecule has 0 heterocycles. The minimum absolute atomic E-state index is 0.778. The molecule has 3 nitrogen and oxygen atoms in total. The maximum absolute atomic E-state index is 5.13. The second kappa shape index (κ2) is 9.17. The van der Waals surface area contributed by atoms with Crippen LogP contribution in [0.2, 0.25) is 0 Å². The third-order valence-electron chi connectivity index (χ3n) is 5.39. The summed E-state index contributed by atoms with van der Waals surface area (Å²) >= 11 is 0. The molecule has 0 aliphatic rings. The SMILES string of the molecule is Cc1cc(C)c(N=C(Nc2c(C)cc(C)cc2C)N(C)Cc2ccccc2)c(C)c1. The molecule has 3 aromatic rings. The lowest BCUT2D eigenvalue weighted by molar-refractivity contribution is 0.499. The highest BCUT2D eigenvalue weighted by atomic mass is 15.3. The number of aliphatic imine (C=N–C) groups is 1. The van der Waals surface area contributed by atoms with E-state index >= 15 is 0 Å². The molecule has 0 aliphatic heterocycles. The van der Waals surface area contributed by atoms with Crippen LogP contribution in [0.5, 0.6) is 0 Å². The molecule has 3 heteroatoms.